The van der Waals surface area contributed by atoms with E-state index in [1.54, 1.807) is 61.9 Å². The van der Waals surface area contributed by atoms with Gasteiger partial charge in [0.1, 0.15) is 11.5 Å². The number of nitrogens with zero attached hydrogens (tertiary/aromatic N) is 2. The molecule has 0 saturated carbocycles. The highest BCUT2D eigenvalue weighted by molar-refractivity contribution is 5.92. The standard InChI is InChI=1S/C23H28N4O4/c1-30-20-11-7-19(8-12-20)25-23(29)17-31-21-9-5-18(6-10-21)15-24-26-22(28)16-27-13-3-2-4-14-27/h5-12,15H,2-4,13-14,16-17H2,1H3,(H,25,29)(H,26,28)/b24-15-. The van der Waals surface area contributed by atoms with Gasteiger partial charge in [0, 0.05) is 5.69 Å². The lowest BCUT2D eigenvalue weighted by Gasteiger charge is -2.25. The molecule has 8 nitrogen and oxygen atoms in total. The number of hydrogen-bond donors (Lipinski definition) is 2. The van der Waals surface area contributed by atoms with Crippen molar-refractivity contribution in [2.75, 3.05) is 38.7 Å². The maximum absolute atomic E-state index is 12.0. The zero-order chi connectivity index (χ0) is 21.9. The fourth-order valence-corrected chi connectivity index (χ4v) is 3.21. The van der Waals surface area contributed by atoms with E-state index >= 15 is 0 Å². The molecule has 2 aromatic rings. The lowest BCUT2D eigenvalue weighted by molar-refractivity contribution is -0.122. The molecule has 0 unspecified atom stereocenters. The van der Waals surface area contributed by atoms with Crippen LogP contribution in [0.25, 0.3) is 0 Å². The van der Waals surface area contributed by atoms with Crippen molar-refractivity contribution in [3.8, 4) is 11.5 Å². The summed E-state index contributed by atoms with van der Waals surface area (Å²) in [6.07, 6.45) is 5.11. The number of hydrazone groups is 1. The second-order valence-corrected chi connectivity index (χ2v) is 7.26. The van der Waals surface area contributed by atoms with Gasteiger partial charge in [-0.25, -0.2) is 5.43 Å². The zero-order valence-corrected chi connectivity index (χ0v) is 17.7. The number of amides is 2. The van der Waals surface area contributed by atoms with Crippen molar-refractivity contribution in [2.24, 2.45) is 5.10 Å². The van der Waals surface area contributed by atoms with Crippen LogP contribution in [0.1, 0.15) is 24.8 Å². The van der Waals surface area contributed by atoms with Gasteiger partial charge < -0.3 is 14.8 Å². The third kappa shape index (κ3) is 7.75. The Hall–Kier alpha value is -3.39. The van der Waals surface area contributed by atoms with Crippen LogP contribution >= 0.6 is 0 Å². The Balaban J connectivity index is 1.38. The summed E-state index contributed by atoms with van der Waals surface area (Å²) < 4.78 is 10.6. The highest BCUT2D eigenvalue weighted by Crippen LogP contribution is 2.15. The monoisotopic (exact) mass is 424 g/mol. The van der Waals surface area contributed by atoms with Gasteiger partial charge in [-0.3, -0.25) is 14.5 Å². The molecule has 1 saturated heterocycles. The van der Waals surface area contributed by atoms with E-state index in [1.165, 1.54) is 6.42 Å². The van der Waals surface area contributed by atoms with Crippen LogP contribution in [-0.2, 0) is 9.59 Å². The fraction of sp³-hybridized carbons (Fsp3) is 0.348. The average Bonchev–Trinajstić information content (AvgIpc) is 2.80. The van der Waals surface area contributed by atoms with Crippen LogP contribution in [0.3, 0.4) is 0 Å². The van der Waals surface area contributed by atoms with Crippen molar-refractivity contribution in [1.82, 2.24) is 10.3 Å². The maximum atomic E-state index is 12.0. The molecule has 31 heavy (non-hydrogen) atoms. The third-order valence-electron chi connectivity index (χ3n) is 4.84. The van der Waals surface area contributed by atoms with Gasteiger partial charge in [-0.2, -0.15) is 5.10 Å². The fourth-order valence-electron chi connectivity index (χ4n) is 3.21. The minimum atomic E-state index is -0.257. The van der Waals surface area contributed by atoms with E-state index in [0.717, 1.165) is 37.2 Å². The van der Waals surface area contributed by atoms with Gasteiger partial charge in [0.25, 0.3) is 11.8 Å². The Bertz CT molecular complexity index is 875. The van der Waals surface area contributed by atoms with E-state index in [9.17, 15) is 9.59 Å². The number of ether oxygens (including phenoxy) is 2. The molecular formula is C23H28N4O4. The first-order chi connectivity index (χ1) is 15.1. The van der Waals surface area contributed by atoms with Gasteiger partial charge in [-0.1, -0.05) is 6.42 Å². The predicted molar refractivity (Wildman–Crippen MR) is 120 cm³/mol. The smallest absolute Gasteiger partial charge is 0.262 e. The van der Waals surface area contributed by atoms with Crippen LogP contribution in [0.2, 0.25) is 0 Å². The van der Waals surface area contributed by atoms with Crippen LogP contribution in [0, 0.1) is 0 Å². The summed E-state index contributed by atoms with van der Waals surface area (Å²) in [5.41, 5.74) is 4.04. The number of piperidine rings is 1. The number of carbonyl (C=O) groups excluding carboxylic acids is 2. The summed E-state index contributed by atoms with van der Waals surface area (Å²) in [7, 11) is 1.59. The number of carbonyl (C=O) groups is 2. The molecule has 8 heteroatoms. The molecule has 1 heterocycles. The van der Waals surface area contributed by atoms with Gasteiger partial charge >= 0.3 is 0 Å². The van der Waals surface area contributed by atoms with Crippen molar-refractivity contribution in [1.29, 1.82) is 0 Å². The van der Waals surface area contributed by atoms with E-state index in [2.05, 4.69) is 20.7 Å². The molecule has 0 radical (unpaired) electrons. The Morgan fingerprint density at radius 2 is 1.65 bits per heavy atom. The molecule has 2 N–H and O–H groups in total. The number of anilines is 1. The van der Waals surface area contributed by atoms with Crippen molar-refractivity contribution in [3.63, 3.8) is 0 Å². The quantitative estimate of drug-likeness (QED) is 0.477. The van der Waals surface area contributed by atoms with Crippen molar-refractivity contribution >= 4 is 23.7 Å². The summed E-state index contributed by atoms with van der Waals surface area (Å²) in [4.78, 5) is 26.1. The SMILES string of the molecule is COc1ccc(NC(=O)COc2ccc(/C=N\NC(=O)CN3CCCCC3)cc2)cc1. The van der Waals surface area contributed by atoms with Gasteiger partial charge in [-0.05, 0) is 80.0 Å². The van der Waals surface area contributed by atoms with Crippen LogP contribution in [0.5, 0.6) is 11.5 Å². The van der Waals surface area contributed by atoms with Crippen molar-refractivity contribution < 1.29 is 19.1 Å². The lowest BCUT2D eigenvalue weighted by atomic mass is 10.1. The summed E-state index contributed by atoms with van der Waals surface area (Å²) in [5.74, 6) is 0.920. The molecule has 3 rings (SSSR count). The highest BCUT2D eigenvalue weighted by Gasteiger charge is 2.13. The number of benzene rings is 2. The molecule has 0 aliphatic carbocycles. The zero-order valence-electron chi connectivity index (χ0n) is 17.7. The highest BCUT2D eigenvalue weighted by atomic mass is 16.5. The molecule has 1 aliphatic heterocycles. The first-order valence-corrected chi connectivity index (χ1v) is 10.3. The van der Waals surface area contributed by atoms with Gasteiger partial charge in [-0.15, -0.1) is 0 Å². The van der Waals surface area contributed by atoms with Crippen LogP contribution in [-0.4, -0.2) is 56.3 Å². The van der Waals surface area contributed by atoms with E-state index in [4.69, 9.17) is 9.47 Å². The number of likely N-dealkylation sites (tertiary alicyclic amines) is 1. The minimum Gasteiger partial charge on any atom is -0.497 e. The summed E-state index contributed by atoms with van der Waals surface area (Å²) >= 11 is 0. The summed E-state index contributed by atoms with van der Waals surface area (Å²) in [6.45, 7) is 2.21. The van der Waals surface area contributed by atoms with Crippen molar-refractivity contribution in [3.05, 3.63) is 54.1 Å². The average molecular weight is 425 g/mol. The van der Waals surface area contributed by atoms with Gasteiger partial charge in [0.05, 0.1) is 19.9 Å². The Kier molecular flexibility index (Phi) is 8.42. The van der Waals surface area contributed by atoms with Crippen LogP contribution in [0.4, 0.5) is 5.69 Å². The van der Waals surface area contributed by atoms with Crippen molar-refractivity contribution in [2.45, 2.75) is 19.3 Å². The first-order valence-electron chi connectivity index (χ1n) is 10.3. The molecular weight excluding hydrogens is 396 g/mol. The molecule has 1 fully saturated rings. The Labute approximate surface area is 182 Å². The Morgan fingerprint density at radius 1 is 0.968 bits per heavy atom. The molecule has 0 atom stereocenters. The van der Waals surface area contributed by atoms with Gasteiger partial charge in [0.15, 0.2) is 6.61 Å². The third-order valence-corrected chi connectivity index (χ3v) is 4.84. The van der Waals surface area contributed by atoms with Crippen LogP contribution < -0.4 is 20.2 Å². The number of hydrogen-bond acceptors (Lipinski definition) is 6. The van der Waals surface area contributed by atoms with Gasteiger partial charge in [0.2, 0.25) is 0 Å². The normalized spacial score (nSPS) is 14.2. The lowest BCUT2D eigenvalue weighted by Crippen LogP contribution is -2.38. The minimum absolute atomic E-state index is 0.105. The van der Waals surface area contributed by atoms with E-state index in [1.807, 2.05) is 0 Å². The van der Waals surface area contributed by atoms with E-state index in [-0.39, 0.29) is 18.4 Å². The van der Waals surface area contributed by atoms with E-state index in [0.29, 0.717) is 18.0 Å². The molecule has 1 aliphatic rings. The number of rotatable bonds is 9. The molecule has 2 aromatic carbocycles. The molecule has 0 spiro atoms. The number of nitrogens with one attached hydrogen (secondary N) is 2. The second-order valence-electron chi connectivity index (χ2n) is 7.26. The van der Waals surface area contributed by atoms with E-state index < -0.39 is 0 Å². The summed E-state index contributed by atoms with van der Waals surface area (Å²) in [5, 5.41) is 6.76. The molecule has 2 amide bonds. The Morgan fingerprint density at radius 3 is 2.32 bits per heavy atom. The molecule has 164 valence electrons. The molecule has 0 bridgehead atoms. The number of methoxy groups -OCH3 is 1. The summed E-state index contributed by atoms with van der Waals surface area (Å²) in [6, 6.07) is 14.2. The first kappa shape index (κ1) is 22.3. The molecule has 0 aromatic heterocycles. The largest absolute Gasteiger partial charge is 0.497 e. The topological polar surface area (TPSA) is 92.3 Å². The predicted octanol–water partition coefficient (Wildman–Crippen LogP) is 2.65. The maximum Gasteiger partial charge on any atom is 0.262 e. The van der Waals surface area contributed by atoms with Crippen LogP contribution in [0.15, 0.2) is 53.6 Å². The second kappa shape index (κ2) is 11.7.